The summed E-state index contributed by atoms with van der Waals surface area (Å²) in [6, 6.07) is 4.98. The first-order valence-electron chi connectivity index (χ1n) is 6.93. The fourth-order valence-electron chi connectivity index (χ4n) is 2.53. The topological polar surface area (TPSA) is 73.4 Å². The van der Waals surface area contributed by atoms with Gasteiger partial charge >= 0.3 is 6.09 Å². The molecule has 22 heavy (non-hydrogen) atoms. The van der Waals surface area contributed by atoms with Crippen LogP contribution in [-0.4, -0.2) is 34.7 Å². The van der Waals surface area contributed by atoms with E-state index in [-0.39, 0.29) is 5.95 Å². The highest BCUT2D eigenvalue weighted by atomic mass is 19.3. The maximum Gasteiger partial charge on any atom is 0.414 e. The minimum Gasteiger partial charge on any atom is -0.449 e. The fraction of sp³-hybridized carbons (Fsp3) is 0.429. The van der Waals surface area contributed by atoms with Gasteiger partial charge in [-0.25, -0.2) is 18.6 Å². The van der Waals surface area contributed by atoms with E-state index in [1.165, 1.54) is 9.47 Å². The molecule has 0 unspecified atom stereocenters. The standard InChI is InChI=1S/C14H16F2N4O2/c1-14(15,16)8-20-11-4-3-9(7-10(11)18-12(20)17)19-5-2-6-22-13(19)21/h3-4,7H,2,5-6,8H2,1H3,(H2,17,18). The van der Waals surface area contributed by atoms with Gasteiger partial charge < -0.3 is 15.0 Å². The van der Waals surface area contributed by atoms with E-state index < -0.39 is 18.6 Å². The molecule has 1 aliphatic rings. The zero-order chi connectivity index (χ0) is 15.9. The molecule has 0 aliphatic carbocycles. The number of halogens is 2. The molecule has 0 atom stereocenters. The molecule has 0 spiro atoms. The molecule has 2 heterocycles. The Kier molecular flexibility index (Phi) is 3.38. The van der Waals surface area contributed by atoms with Crippen LogP contribution in [0.1, 0.15) is 13.3 Å². The van der Waals surface area contributed by atoms with Crippen LogP contribution in [0.3, 0.4) is 0 Å². The molecule has 118 valence electrons. The second-order valence-corrected chi connectivity index (χ2v) is 5.42. The van der Waals surface area contributed by atoms with Crippen molar-refractivity contribution in [1.82, 2.24) is 9.55 Å². The van der Waals surface area contributed by atoms with E-state index in [1.807, 2.05) is 0 Å². The highest BCUT2D eigenvalue weighted by Crippen LogP contribution is 2.27. The molecule has 8 heteroatoms. The van der Waals surface area contributed by atoms with Crippen LogP contribution in [0, 0.1) is 0 Å². The Labute approximate surface area is 125 Å². The number of nitrogen functional groups attached to an aromatic ring is 1. The van der Waals surface area contributed by atoms with Gasteiger partial charge in [0.2, 0.25) is 5.95 Å². The second kappa shape index (κ2) is 5.11. The lowest BCUT2D eigenvalue weighted by atomic mass is 10.2. The number of nitrogens with zero attached hydrogens (tertiary/aromatic N) is 3. The predicted molar refractivity (Wildman–Crippen MR) is 78.1 cm³/mol. The van der Waals surface area contributed by atoms with Crippen molar-refractivity contribution in [1.29, 1.82) is 0 Å². The van der Waals surface area contributed by atoms with Crippen LogP contribution in [0.5, 0.6) is 0 Å². The van der Waals surface area contributed by atoms with Crippen LogP contribution in [0.15, 0.2) is 18.2 Å². The average Bonchev–Trinajstić information content (AvgIpc) is 2.73. The van der Waals surface area contributed by atoms with E-state index in [0.29, 0.717) is 29.9 Å². The lowest BCUT2D eigenvalue weighted by molar-refractivity contribution is 0.00550. The van der Waals surface area contributed by atoms with E-state index in [9.17, 15) is 13.6 Å². The zero-order valence-electron chi connectivity index (χ0n) is 12.1. The summed E-state index contributed by atoms with van der Waals surface area (Å²) in [5.74, 6) is -2.87. The summed E-state index contributed by atoms with van der Waals surface area (Å²) in [7, 11) is 0. The lowest BCUT2D eigenvalue weighted by Crippen LogP contribution is -2.37. The molecule has 2 N–H and O–H groups in total. The normalized spacial score (nSPS) is 16.1. The number of hydrogen-bond donors (Lipinski definition) is 1. The third-order valence-electron chi connectivity index (χ3n) is 3.48. The Bertz CT molecular complexity index is 723. The van der Waals surface area contributed by atoms with E-state index >= 15 is 0 Å². The van der Waals surface area contributed by atoms with E-state index in [0.717, 1.165) is 13.3 Å². The molecule has 1 fully saturated rings. The summed E-state index contributed by atoms with van der Waals surface area (Å²) >= 11 is 0. The number of hydrogen-bond acceptors (Lipinski definition) is 4. The zero-order valence-corrected chi connectivity index (χ0v) is 12.1. The van der Waals surface area contributed by atoms with Crippen LogP contribution in [0.25, 0.3) is 11.0 Å². The molecular formula is C14H16F2N4O2. The van der Waals surface area contributed by atoms with Crippen LogP contribution in [0.2, 0.25) is 0 Å². The minimum atomic E-state index is -2.89. The monoisotopic (exact) mass is 310 g/mol. The summed E-state index contributed by atoms with van der Waals surface area (Å²) < 4.78 is 32.7. The van der Waals surface area contributed by atoms with Gasteiger partial charge in [-0.1, -0.05) is 0 Å². The molecule has 6 nitrogen and oxygen atoms in total. The first kappa shape index (κ1) is 14.6. The molecule has 1 amide bonds. The van der Waals surface area contributed by atoms with Gasteiger partial charge in [0.05, 0.1) is 24.2 Å². The van der Waals surface area contributed by atoms with Crippen LogP contribution < -0.4 is 10.6 Å². The van der Waals surface area contributed by atoms with Gasteiger partial charge in [-0.05, 0) is 24.6 Å². The first-order chi connectivity index (χ1) is 10.3. The number of carbonyl (C=O) groups excluding carboxylic acids is 1. The van der Waals surface area contributed by atoms with E-state index in [2.05, 4.69) is 4.98 Å². The van der Waals surface area contributed by atoms with Crippen molar-refractivity contribution in [2.75, 3.05) is 23.8 Å². The summed E-state index contributed by atoms with van der Waals surface area (Å²) in [6.07, 6.45) is 0.320. The summed E-state index contributed by atoms with van der Waals surface area (Å²) in [5.41, 5.74) is 7.32. The van der Waals surface area contributed by atoms with Crippen molar-refractivity contribution in [2.45, 2.75) is 25.8 Å². The van der Waals surface area contributed by atoms with Crippen molar-refractivity contribution in [3.63, 3.8) is 0 Å². The highest BCUT2D eigenvalue weighted by molar-refractivity contribution is 5.92. The van der Waals surface area contributed by atoms with Gasteiger partial charge in [0.15, 0.2) is 0 Å². The number of carbonyl (C=O) groups is 1. The third kappa shape index (κ3) is 2.68. The first-order valence-corrected chi connectivity index (χ1v) is 6.93. The third-order valence-corrected chi connectivity index (χ3v) is 3.48. The number of amides is 1. The Morgan fingerprint density at radius 3 is 2.91 bits per heavy atom. The number of rotatable bonds is 3. The number of imidazole rings is 1. The van der Waals surface area contributed by atoms with Crippen molar-refractivity contribution >= 4 is 28.8 Å². The van der Waals surface area contributed by atoms with Crippen LogP contribution in [0.4, 0.5) is 25.2 Å². The summed E-state index contributed by atoms with van der Waals surface area (Å²) in [5, 5.41) is 0. The average molecular weight is 310 g/mol. The molecule has 0 bridgehead atoms. The number of aromatic nitrogens is 2. The molecule has 1 aliphatic heterocycles. The maximum atomic E-state index is 13.2. The van der Waals surface area contributed by atoms with Gasteiger partial charge in [-0.15, -0.1) is 0 Å². The maximum absolute atomic E-state index is 13.2. The van der Waals surface area contributed by atoms with Crippen LogP contribution in [-0.2, 0) is 11.3 Å². The Hall–Kier alpha value is -2.38. The molecule has 0 radical (unpaired) electrons. The molecule has 3 rings (SSSR count). The van der Waals surface area contributed by atoms with E-state index in [1.54, 1.807) is 18.2 Å². The smallest absolute Gasteiger partial charge is 0.414 e. The summed E-state index contributed by atoms with van der Waals surface area (Å²) in [6.45, 7) is 1.25. The lowest BCUT2D eigenvalue weighted by Gasteiger charge is -2.26. The SMILES string of the molecule is CC(F)(F)Cn1c(N)nc2cc(N3CCCOC3=O)ccc21. The van der Waals surface area contributed by atoms with Crippen molar-refractivity contribution in [3.05, 3.63) is 18.2 Å². The Balaban J connectivity index is 1.99. The number of anilines is 2. The van der Waals surface area contributed by atoms with Gasteiger partial charge in [0.25, 0.3) is 5.92 Å². The Morgan fingerprint density at radius 2 is 2.23 bits per heavy atom. The fourth-order valence-corrected chi connectivity index (χ4v) is 2.53. The second-order valence-electron chi connectivity index (χ2n) is 5.42. The molecule has 1 aromatic heterocycles. The van der Waals surface area contributed by atoms with Crippen molar-refractivity contribution in [3.8, 4) is 0 Å². The number of fused-ring (bicyclic) bond motifs is 1. The molecule has 1 aromatic carbocycles. The molecule has 0 saturated carbocycles. The number of benzene rings is 1. The minimum absolute atomic E-state index is 0.0231. The van der Waals surface area contributed by atoms with Crippen LogP contribution >= 0.6 is 0 Å². The van der Waals surface area contributed by atoms with Gasteiger partial charge in [-0.2, -0.15) is 0 Å². The highest BCUT2D eigenvalue weighted by Gasteiger charge is 2.26. The Morgan fingerprint density at radius 1 is 1.45 bits per heavy atom. The molecular weight excluding hydrogens is 294 g/mol. The van der Waals surface area contributed by atoms with Gasteiger partial charge in [0, 0.05) is 19.2 Å². The summed E-state index contributed by atoms with van der Waals surface area (Å²) in [4.78, 5) is 17.3. The van der Waals surface area contributed by atoms with Gasteiger partial charge in [0.1, 0.15) is 0 Å². The predicted octanol–water partition coefficient (Wildman–Crippen LogP) is 2.62. The van der Waals surface area contributed by atoms with Gasteiger partial charge in [-0.3, -0.25) is 4.90 Å². The molecule has 2 aromatic rings. The number of alkyl halides is 2. The quantitative estimate of drug-likeness (QED) is 0.946. The molecule has 1 saturated heterocycles. The number of cyclic esters (lactones) is 1. The van der Waals surface area contributed by atoms with Crippen molar-refractivity contribution in [2.24, 2.45) is 0 Å². The van der Waals surface area contributed by atoms with E-state index in [4.69, 9.17) is 10.5 Å². The van der Waals surface area contributed by atoms with Crippen molar-refractivity contribution < 1.29 is 18.3 Å². The largest absolute Gasteiger partial charge is 0.449 e. The number of nitrogens with two attached hydrogens (primary N) is 1. The number of ether oxygens (including phenoxy) is 1.